The van der Waals surface area contributed by atoms with Gasteiger partial charge in [0, 0.05) is 13.2 Å². The van der Waals surface area contributed by atoms with Gasteiger partial charge in [0.15, 0.2) is 0 Å². The van der Waals surface area contributed by atoms with Gasteiger partial charge in [0.05, 0.1) is 19.8 Å². The van der Waals surface area contributed by atoms with Crippen LogP contribution in [0.2, 0.25) is 0 Å². The van der Waals surface area contributed by atoms with E-state index in [1.165, 1.54) is 5.57 Å². The summed E-state index contributed by atoms with van der Waals surface area (Å²) in [5.74, 6) is 0. The highest BCUT2D eigenvalue weighted by Gasteiger charge is 2.08. The maximum absolute atomic E-state index is 5.55. The number of hydrogen-bond acceptors (Lipinski definition) is 3. The third-order valence-electron chi connectivity index (χ3n) is 2.47. The summed E-state index contributed by atoms with van der Waals surface area (Å²) in [7, 11) is 1.69. The lowest BCUT2D eigenvalue weighted by Crippen LogP contribution is -2.34. The predicted octanol–water partition coefficient (Wildman–Crippen LogP) is 2.37. The van der Waals surface area contributed by atoms with Crippen LogP contribution < -0.4 is 5.32 Å². The Hall–Kier alpha value is -0.380. The average molecular weight is 229 g/mol. The van der Waals surface area contributed by atoms with Crippen molar-refractivity contribution in [1.29, 1.82) is 0 Å². The molecule has 0 spiro atoms. The summed E-state index contributed by atoms with van der Waals surface area (Å²) in [5.41, 5.74) is 1.28. The van der Waals surface area contributed by atoms with Gasteiger partial charge in [-0.05, 0) is 25.8 Å². The fourth-order valence-electron chi connectivity index (χ4n) is 1.40. The first-order valence-electron chi connectivity index (χ1n) is 6.21. The quantitative estimate of drug-likeness (QED) is 0.436. The van der Waals surface area contributed by atoms with E-state index in [-0.39, 0.29) is 0 Å². The highest BCUT2D eigenvalue weighted by molar-refractivity contribution is 4.96. The van der Waals surface area contributed by atoms with Gasteiger partial charge < -0.3 is 14.8 Å². The van der Waals surface area contributed by atoms with Gasteiger partial charge in [0.1, 0.15) is 0 Å². The molecule has 0 aliphatic rings. The smallest absolute Gasteiger partial charge is 0.0701 e. The van der Waals surface area contributed by atoms with Crippen LogP contribution in [0.4, 0.5) is 0 Å². The SMILES string of the molecule is C=C(CC)CC(COCCOC)NCCC. The largest absolute Gasteiger partial charge is 0.382 e. The molecule has 0 aromatic carbocycles. The van der Waals surface area contributed by atoms with Crippen LogP contribution >= 0.6 is 0 Å². The van der Waals surface area contributed by atoms with Crippen LogP contribution in [-0.2, 0) is 9.47 Å². The Morgan fingerprint density at radius 1 is 1.31 bits per heavy atom. The first kappa shape index (κ1) is 15.6. The molecule has 16 heavy (non-hydrogen) atoms. The van der Waals surface area contributed by atoms with E-state index in [1.54, 1.807) is 7.11 Å². The minimum absolute atomic E-state index is 0.393. The standard InChI is InChI=1S/C13H27NO2/c1-5-7-14-13(10-12(3)6-2)11-16-9-8-15-4/h13-14H,3,5-11H2,1-2,4H3. The number of hydrogen-bond donors (Lipinski definition) is 1. The zero-order valence-corrected chi connectivity index (χ0v) is 11.1. The Morgan fingerprint density at radius 3 is 2.62 bits per heavy atom. The van der Waals surface area contributed by atoms with Crippen molar-refractivity contribution in [2.75, 3.05) is 33.5 Å². The molecule has 3 nitrogen and oxygen atoms in total. The molecule has 0 saturated heterocycles. The summed E-state index contributed by atoms with van der Waals surface area (Å²) >= 11 is 0. The minimum atomic E-state index is 0.393. The number of rotatable bonds is 11. The van der Waals surface area contributed by atoms with Crippen molar-refractivity contribution in [3.8, 4) is 0 Å². The molecule has 0 rings (SSSR count). The van der Waals surface area contributed by atoms with E-state index in [2.05, 4.69) is 25.7 Å². The molecule has 1 atom stereocenters. The fourth-order valence-corrected chi connectivity index (χ4v) is 1.40. The number of methoxy groups -OCH3 is 1. The third-order valence-corrected chi connectivity index (χ3v) is 2.47. The van der Waals surface area contributed by atoms with Crippen molar-refractivity contribution in [3.63, 3.8) is 0 Å². The zero-order chi connectivity index (χ0) is 12.2. The first-order valence-corrected chi connectivity index (χ1v) is 6.21. The van der Waals surface area contributed by atoms with Crippen molar-refractivity contribution in [2.24, 2.45) is 0 Å². The summed E-state index contributed by atoms with van der Waals surface area (Å²) < 4.78 is 10.5. The molecule has 1 unspecified atom stereocenters. The van der Waals surface area contributed by atoms with Crippen molar-refractivity contribution in [1.82, 2.24) is 5.32 Å². The Balaban J connectivity index is 3.75. The molecule has 1 N–H and O–H groups in total. The molecule has 0 aliphatic heterocycles. The van der Waals surface area contributed by atoms with Crippen LogP contribution in [0.5, 0.6) is 0 Å². The van der Waals surface area contributed by atoms with E-state index in [0.29, 0.717) is 19.3 Å². The van der Waals surface area contributed by atoms with Crippen LogP contribution in [0.1, 0.15) is 33.1 Å². The van der Waals surface area contributed by atoms with Crippen LogP contribution in [0, 0.1) is 0 Å². The second-order valence-electron chi connectivity index (χ2n) is 4.03. The van der Waals surface area contributed by atoms with Crippen LogP contribution in [0.15, 0.2) is 12.2 Å². The van der Waals surface area contributed by atoms with Crippen molar-refractivity contribution in [2.45, 2.75) is 39.2 Å². The molecule has 3 heteroatoms. The average Bonchev–Trinajstić information content (AvgIpc) is 2.30. The summed E-state index contributed by atoms with van der Waals surface area (Å²) in [5, 5.41) is 3.48. The third kappa shape index (κ3) is 8.89. The number of ether oxygens (including phenoxy) is 2. The van der Waals surface area contributed by atoms with Gasteiger partial charge in [-0.25, -0.2) is 0 Å². The molecule has 0 heterocycles. The molecule has 0 saturated carbocycles. The van der Waals surface area contributed by atoms with Gasteiger partial charge in [-0.3, -0.25) is 0 Å². The van der Waals surface area contributed by atoms with E-state index >= 15 is 0 Å². The van der Waals surface area contributed by atoms with Gasteiger partial charge in [0.25, 0.3) is 0 Å². The molecule has 0 aliphatic carbocycles. The van der Waals surface area contributed by atoms with Gasteiger partial charge in [0.2, 0.25) is 0 Å². The maximum atomic E-state index is 5.55. The molecule has 96 valence electrons. The Kier molecular flexibility index (Phi) is 10.9. The molecule has 0 amide bonds. The fraction of sp³-hybridized carbons (Fsp3) is 0.846. The predicted molar refractivity (Wildman–Crippen MR) is 68.8 cm³/mol. The minimum Gasteiger partial charge on any atom is -0.382 e. The molecule has 0 aromatic heterocycles. The normalized spacial score (nSPS) is 12.7. The molecule has 0 aromatic rings. The molecule has 0 radical (unpaired) electrons. The van der Waals surface area contributed by atoms with Crippen molar-refractivity contribution in [3.05, 3.63) is 12.2 Å². The van der Waals surface area contributed by atoms with Gasteiger partial charge in [-0.2, -0.15) is 0 Å². The Bertz CT molecular complexity index is 171. The summed E-state index contributed by atoms with van der Waals surface area (Å²) in [6.07, 6.45) is 3.19. The number of nitrogens with one attached hydrogen (secondary N) is 1. The topological polar surface area (TPSA) is 30.5 Å². The van der Waals surface area contributed by atoms with E-state index in [4.69, 9.17) is 9.47 Å². The van der Waals surface area contributed by atoms with Gasteiger partial charge in [-0.15, -0.1) is 0 Å². The molecular weight excluding hydrogens is 202 g/mol. The molecular formula is C13H27NO2. The summed E-state index contributed by atoms with van der Waals surface area (Å²) in [6, 6.07) is 0.393. The zero-order valence-electron chi connectivity index (χ0n) is 11.1. The van der Waals surface area contributed by atoms with E-state index in [9.17, 15) is 0 Å². The summed E-state index contributed by atoms with van der Waals surface area (Å²) in [6.45, 7) is 11.5. The van der Waals surface area contributed by atoms with E-state index < -0.39 is 0 Å². The second-order valence-corrected chi connectivity index (χ2v) is 4.03. The first-order chi connectivity index (χ1) is 7.74. The Labute approximate surface area is 100 Å². The van der Waals surface area contributed by atoms with Gasteiger partial charge in [-0.1, -0.05) is 26.0 Å². The lowest BCUT2D eigenvalue weighted by atomic mass is 10.1. The second kappa shape index (κ2) is 11.1. The van der Waals surface area contributed by atoms with Crippen molar-refractivity contribution < 1.29 is 9.47 Å². The van der Waals surface area contributed by atoms with Crippen LogP contribution in [-0.4, -0.2) is 39.5 Å². The maximum Gasteiger partial charge on any atom is 0.0701 e. The highest BCUT2D eigenvalue weighted by Crippen LogP contribution is 2.07. The van der Waals surface area contributed by atoms with E-state index in [0.717, 1.165) is 32.4 Å². The highest BCUT2D eigenvalue weighted by atomic mass is 16.5. The Morgan fingerprint density at radius 2 is 2.06 bits per heavy atom. The lowest BCUT2D eigenvalue weighted by Gasteiger charge is -2.19. The molecule has 0 fully saturated rings. The summed E-state index contributed by atoms with van der Waals surface area (Å²) in [4.78, 5) is 0. The van der Waals surface area contributed by atoms with Gasteiger partial charge >= 0.3 is 0 Å². The van der Waals surface area contributed by atoms with Crippen LogP contribution in [0.3, 0.4) is 0 Å². The monoisotopic (exact) mass is 229 g/mol. The lowest BCUT2D eigenvalue weighted by molar-refractivity contribution is 0.0587. The van der Waals surface area contributed by atoms with Crippen molar-refractivity contribution >= 4 is 0 Å². The van der Waals surface area contributed by atoms with Crippen LogP contribution in [0.25, 0.3) is 0 Å². The van der Waals surface area contributed by atoms with E-state index in [1.807, 2.05) is 0 Å². The molecule has 0 bridgehead atoms.